The van der Waals surface area contributed by atoms with Crippen LogP contribution in [0, 0.1) is 0 Å². The average Bonchev–Trinajstić information content (AvgIpc) is 3.36. The molecule has 0 spiro atoms. The summed E-state index contributed by atoms with van der Waals surface area (Å²) < 4.78 is 1.58. The van der Waals surface area contributed by atoms with Crippen molar-refractivity contribution in [2.24, 2.45) is 0 Å². The summed E-state index contributed by atoms with van der Waals surface area (Å²) in [7, 11) is 0. The molecule has 4 heterocycles. The summed E-state index contributed by atoms with van der Waals surface area (Å²) in [5.41, 5.74) is 3.81. The van der Waals surface area contributed by atoms with E-state index in [1.807, 2.05) is 6.07 Å². The Hall–Kier alpha value is -3.01. The zero-order valence-electron chi connectivity index (χ0n) is 15.6. The Kier molecular flexibility index (Phi) is 4.40. The van der Waals surface area contributed by atoms with Gasteiger partial charge in [-0.25, -0.2) is 14.6 Å². The van der Waals surface area contributed by atoms with E-state index in [1.54, 1.807) is 34.6 Å². The number of piperazine rings is 1. The highest BCUT2D eigenvalue weighted by atomic mass is 16.1. The predicted molar refractivity (Wildman–Crippen MR) is 103 cm³/mol. The summed E-state index contributed by atoms with van der Waals surface area (Å²) in [6.45, 7) is 4.06. The van der Waals surface area contributed by atoms with Gasteiger partial charge in [-0.05, 0) is 12.8 Å². The number of carbonyl (C=O) groups is 1. The lowest BCUT2D eigenvalue weighted by Gasteiger charge is -2.43. The van der Waals surface area contributed by atoms with Crippen LogP contribution in [0.2, 0.25) is 0 Å². The number of aldehydes is 1. The Morgan fingerprint density at radius 2 is 1.93 bits per heavy atom. The lowest BCUT2D eigenvalue weighted by molar-refractivity contribution is -0.108. The van der Waals surface area contributed by atoms with Gasteiger partial charge in [0.25, 0.3) is 0 Å². The zero-order valence-corrected chi connectivity index (χ0v) is 15.6. The van der Waals surface area contributed by atoms with Crippen molar-refractivity contribution in [3.05, 3.63) is 31.0 Å². The van der Waals surface area contributed by atoms with Crippen LogP contribution in [0.5, 0.6) is 0 Å². The lowest BCUT2D eigenvalue weighted by Crippen LogP contribution is -2.52. The van der Waals surface area contributed by atoms with E-state index in [0.29, 0.717) is 11.5 Å². The predicted octanol–water partition coefficient (Wildman–Crippen LogP) is 0.133. The molecule has 1 atom stereocenters. The van der Waals surface area contributed by atoms with Crippen LogP contribution in [0.15, 0.2) is 31.0 Å². The number of rotatable bonds is 5. The maximum absolute atomic E-state index is 11.8. The first-order valence-electron chi connectivity index (χ1n) is 9.72. The minimum atomic E-state index is -0.542. The fourth-order valence-electron chi connectivity index (χ4n) is 4.03. The van der Waals surface area contributed by atoms with Gasteiger partial charge in [-0.2, -0.15) is 0 Å². The number of hydrogen-bond donors (Lipinski definition) is 1. The van der Waals surface area contributed by atoms with E-state index in [0.717, 1.165) is 44.3 Å². The van der Waals surface area contributed by atoms with Crippen molar-refractivity contribution < 1.29 is 4.79 Å². The van der Waals surface area contributed by atoms with Crippen LogP contribution in [-0.2, 0) is 4.79 Å². The molecule has 1 unspecified atom stereocenters. The van der Waals surface area contributed by atoms with Crippen LogP contribution in [0.1, 0.15) is 19.3 Å². The van der Waals surface area contributed by atoms with Gasteiger partial charge in [-0.15, -0.1) is 5.10 Å². The molecular weight excluding hydrogens is 358 g/mol. The van der Waals surface area contributed by atoms with E-state index in [9.17, 15) is 4.79 Å². The third-order valence-electron chi connectivity index (χ3n) is 5.86. The van der Waals surface area contributed by atoms with E-state index in [4.69, 9.17) is 0 Å². The molecule has 0 radical (unpaired) electrons. The van der Waals surface area contributed by atoms with Gasteiger partial charge >= 0.3 is 0 Å². The molecule has 28 heavy (non-hydrogen) atoms. The van der Waals surface area contributed by atoms with Crippen LogP contribution in [0.25, 0.3) is 5.70 Å². The minimum absolute atomic E-state index is 0.542. The van der Waals surface area contributed by atoms with Crippen molar-refractivity contribution in [1.29, 1.82) is 0 Å². The van der Waals surface area contributed by atoms with E-state index < -0.39 is 6.04 Å². The maximum atomic E-state index is 11.8. The molecule has 10 nitrogen and oxygen atoms in total. The highest BCUT2D eigenvalue weighted by Crippen LogP contribution is 2.28. The molecule has 3 aliphatic rings. The molecular formula is C18H23N9O. The molecule has 1 saturated heterocycles. The van der Waals surface area contributed by atoms with Crippen molar-refractivity contribution in [2.75, 3.05) is 36.1 Å². The molecule has 0 bridgehead atoms. The molecule has 0 amide bonds. The van der Waals surface area contributed by atoms with E-state index in [-0.39, 0.29) is 0 Å². The first-order chi connectivity index (χ1) is 13.8. The molecule has 2 aromatic rings. The van der Waals surface area contributed by atoms with Gasteiger partial charge in [0.05, 0.1) is 18.1 Å². The normalized spacial score (nSPS) is 23.3. The summed E-state index contributed by atoms with van der Waals surface area (Å²) in [5.74, 6) is 1.54. The van der Waals surface area contributed by atoms with Gasteiger partial charge in [-0.1, -0.05) is 11.6 Å². The number of nitrogens with zero attached hydrogens (tertiary/aromatic N) is 8. The van der Waals surface area contributed by atoms with E-state index >= 15 is 0 Å². The van der Waals surface area contributed by atoms with Gasteiger partial charge in [-0.3, -0.25) is 9.91 Å². The first kappa shape index (κ1) is 17.1. The molecule has 2 aliphatic heterocycles. The second-order valence-electron chi connectivity index (χ2n) is 7.34. The fourth-order valence-corrected chi connectivity index (χ4v) is 4.03. The van der Waals surface area contributed by atoms with Gasteiger partial charge in [0.1, 0.15) is 12.1 Å². The molecule has 10 heteroatoms. The molecule has 2 aromatic heterocycles. The van der Waals surface area contributed by atoms with Crippen molar-refractivity contribution in [3.63, 3.8) is 0 Å². The monoisotopic (exact) mass is 381 g/mol. The summed E-state index contributed by atoms with van der Waals surface area (Å²) in [4.78, 5) is 25.5. The fraction of sp³-hybridized carbons (Fsp3) is 0.500. The Balaban J connectivity index is 1.30. The quantitative estimate of drug-likeness (QED) is 0.725. The second kappa shape index (κ2) is 7.19. The lowest BCUT2D eigenvalue weighted by atomic mass is 9.91. The Labute approximate surface area is 162 Å². The molecule has 1 aliphatic carbocycles. The average molecular weight is 381 g/mol. The summed E-state index contributed by atoms with van der Waals surface area (Å²) >= 11 is 0. The van der Waals surface area contributed by atoms with Gasteiger partial charge in [0, 0.05) is 44.5 Å². The summed E-state index contributed by atoms with van der Waals surface area (Å²) in [6.07, 6.45) is 11.5. The van der Waals surface area contributed by atoms with Crippen LogP contribution < -0.4 is 15.3 Å². The number of hydrogen-bond acceptors (Lipinski definition) is 9. The highest BCUT2D eigenvalue weighted by molar-refractivity contribution is 5.83. The first-order valence-corrected chi connectivity index (χ1v) is 9.72. The number of anilines is 2. The SMILES string of the molecule is O=CC1C(n2ccnn2)=CNN1c1cc(N2CCN(C3CCC3)CC2)ncn1. The van der Waals surface area contributed by atoms with Gasteiger partial charge in [0.2, 0.25) is 0 Å². The second-order valence-corrected chi connectivity index (χ2v) is 7.34. The van der Waals surface area contributed by atoms with Gasteiger partial charge < -0.3 is 15.1 Å². The van der Waals surface area contributed by atoms with Crippen LogP contribution >= 0.6 is 0 Å². The molecule has 5 rings (SSSR count). The third-order valence-corrected chi connectivity index (χ3v) is 5.86. The largest absolute Gasteiger partial charge is 0.354 e. The molecule has 1 saturated carbocycles. The summed E-state index contributed by atoms with van der Waals surface area (Å²) in [5, 5.41) is 9.51. The number of aromatic nitrogens is 5. The molecule has 1 N–H and O–H groups in total. The Morgan fingerprint density at radius 1 is 1.11 bits per heavy atom. The van der Waals surface area contributed by atoms with E-state index in [2.05, 4.69) is 35.5 Å². The maximum Gasteiger partial charge on any atom is 0.153 e. The number of carbonyl (C=O) groups excluding carboxylic acids is 1. The molecule has 0 aromatic carbocycles. The van der Waals surface area contributed by atoms with Crippen LogP contribution in [0.3, 0.4) is 0 Å². The van der Waals surface area contributed by atoms with Crippen LogP contribution in [0.4, 0.5) is 11.6 Å². The minimum Gasteiger partial charge on any atom is -0.354 e. The van der Waals surface area contributed by atoms with E-state index in [1.165, 1.54) is 19.3 Å². The van der Waals surface area contributed by atoms with Crippen molar-refractivity contribution in [3.8, 4) is 0 Å². The smallest absolute Gasteiger partial charge is 0.153 e. The highest BCUT2D eigenvalue weighted by Gasteiger charge is 2.32. The van der Waals surface area contributed by atoms with Crippen molar-refractivity contribution in [2.45, 2.75) is 31.3 Å². The topological polar surface area (TPSA) is 95.3 Å². The molecule has 146 valence electrons. The van der Waals surface area contributed by atoms with Crippen molar-refractivity contribution in [1.82, 2.24) is 35.3 Å². The third kappa shape index (κ3) is 2.99. The van der Waals surface area contributed by atoms with Crippen LogP contribution in [-0.4, -0.2) is 74.4 Å². The van der Waals surface area contributed by atoms with Crippen molar-refractivity contribution >= 4 is 23.6 Å². The molecule has 2 fully saturated rings. The Morgan fingerprint density at radius 3 is 2.61 bits per heavy atom. The summed E-state index contributed by atoms with van der Waals surface area (Å²) in [6, 6.07) is 2.17. The number of nitrogens with one attached hydrogen (secondary N) is 1. The standard InChI is InChI=1S/C18H23N9O/c28-12-16-15(26-5-4-21-23-26)11-22-27(16)18-10-17(19-13-20-18)25-8-6-24(7-9-25)14-2-1-3-14/h4-5,10-14,16,22H,1-3,6-9H2. The number of hydrazine groups is 1. The zero-order chi connectivity index (χ0) is 18.9. The Bertz CT molecular complexity index is 856. The van der Waals surface area contributed by atoms with Gasteiger partial charge in [0.15, 0.2) is 18.1 Å².